The lowest BCUT2D eigenvalue weighted by Gasteiger charge is -2.27. The molecule has 0 N–H and O–H groups in total. The van der Waals surface area contributed by atoms with Crippen molar-refractivity contribution in [3.63, 3.8) is 0 Å². The summed E-state index contributed by atoms with van der Waals surface area (Å²) >= 11 is 0. The number of nitriles is 1. The molecule has 21 heavy (non-hydrogen) atoms. The molecule has 0 bridgehead atoms. The number of benzene rings is 1. The standard InChI is InChI=1S/C16H22N2O2S/c1-3-15-7-4-13(2)18(15)10-11-21(19,20)16-8-5-14(12-17)6-9-16/h5-6,8-9,13,15H,3-4,7,10-11H2,1-2H3/t13-,15+/m1/s1. The molecule has 1 aromatic carbocycles. The maximum Gasteiger partial charge on any atom is 0.179 e. The summed E-state index contributed by atoms with van der Waals surface area (Å²) in [5, 5.41) is 8.76. The lowest BCUT2D eigenvalue weighted by Crippen LogP contribution is -2.37. The molecule has 0 unspecified atom stereocenters. The fourth-order valence-electron chi connectivity index (χ4n) is 3.05. The van der Waals surface area contributed by atoms with Gasteiger partial charge in [0.25, 0.3) is 0 Å². The molecular formula is C16H22N2O2S. The number of likely N-dealkylation sites (tertiary alicyclic amines) is 1. The summed E-state index contributed by atoms with van der Waals surface area (Å²) in [5.74, 6) is 0.139. The van der Waals surface area contributed by atoms with E-state index in [9.17, 15) is 8.42 Å². The van der Waals surface area contributed by atoms with Gasteiger partial charge >= 0.3 is 0 Å². The Morgan fingerprint density at radius 3 is 2.52 bits per heavy atom. The van der Waals surface area contributed by atoms with Crippen LogP contribution in [-0.4, -0.2) is 37.7 Å². The van der Waals surface area contributed by atoms with Gasteiger partial charge in [0.05, 0.1) is 22.3 Å². The van der Waals surface area contributed by atoms with Crippen molar-refractivity contribution in [3.8, 4) is 6.07 Å². The lowest BCUT2D eigenvalue weighted by atomic mass is 10.2. The van der Waals surface area contributed by atoms with E-state index < -0.39 is 9.84 Å². The van der Waals surface area contributed by atoms with E-state index in [0.717, 1.165) is 19.3 Å². The van der Waals surface area contributed by atoms with Crippen LogP contribution in [0.5, 0.6) is 0 Å². The minimum Gasteiger partial charge on any atom is -0.297 e. The van der Waals surface area contributed by atoms with E-state index in [1.165, 1.54) is 12.1 Å². The molecule has 0 spiro atoms. The first-order valence-corrected chi connectivity index (χ1v) is 9.12. The third kappa shape index (κ3) is 3.63. The normalized spacial score (nSPS) is 23.1. The van der Waals surface area contributed by atoms with Crippen LogP contribution in [-0.2, 0) is 9.84 Å². The Balaban J connectivity index is 2.05. The highest BCUT2D eigenvalue weighted by atomic mass is 32.2. The monoisotopic (exact) mass is 306 g/mol. The van der Waals surface area contributed by atoms with E-state index in [4.69, 9.17) is 5.26 Å². The molecule has 0 aliphatic carbocycles. The zero-order valence-corrected chi connectivity index (χ0v) is 13.4. The van der Waals surface area contributed by atoms with E-state index in [-0.39, 0.29) is 5.75 Å². The minimum atomic E-state index is -3.28. The second-order valence-electron chi connectivity index (χ2n) is 5.68. The number of nitrogens with zero attached hydrogens (tertiary/aromatic N) is 2. The molecule has 1 saturated heterocycles. The van der Waals surface area contributed by atoms with Crippen LogP contribution in [0.4, 0.5) is 0 Å². The second-order valence-corrected chi connectivity index (χ2v) is 7.79. The Morgan fingerprint density at radius 2 is 1.95 bits per heavy atom. The summed E-state index contributed by atoms with van der Waals surface area (Å²) < 4.78 is 24.8. The van der Waals surface area contributed by atoms with Crippen LogP contribution in [0.15, 0.2) is 29.2 Å². The highest BCUT2D eigenvalue weighted by molar-refractivity contribution is 7.91. The molecule has 114 valence electrons. The highest BCUT2D eigenvalue weighted by Gasteiger charge is 2.30. The van der Waals surface area contributed by atoms with Crippen molar-refractivity contribution in [2.75, 3.05) is 12.3 Å². The molecule has 0 aromatic heterocycles. The van der Waals surface area contributed by atoms with Crippen molar-refractivity contribution in [2.24, 2.45) is 0 Å². The molecule has 0 radical (unpaired) electrons. The molecule has 1 aliphatic heterocycles. The molecule has 2 atom stereocenters. The topological polar surface area (TPSA) is 61.2 Å². The zero-order chi connectivity index (χ0) is 15.5. The maximum absolute atomic E-state index is 12.4. The molecule has 2 rings (SSSR count). The summed E-state index contributed by atoms with van der Waals surface area (Å²) in [6, 6.07) is 9.14. The van der Waals surface area contributed by atoms with Gasteiger partial charge in [-0.1, -0.05) is 6.92 Å². The van der Waals surface area contributed by atoms with Crippen LogP contribution < -0.4 is 0 Å². The van der Waals surface area contributed by atoms with E-state index >= 15 is 0 Å². The number of hydrogen-bond acceptors (Lipinski definition) is 4. The van der Waals surface area contributed by atoms with Crippen LogP contribution >= 0.6 is 0 Å². The van der Waals surface area contributed by atoms with Crippen LogP contribution in [0.25, 0.3) is 0 Å². The van der Waals surface area contributed by atoms with Gasteiger partial charge in [-0.05, 0) is 50.5 Å². The Morgan fingerprint density at radius 1 is 1.29 bits per heavy atom. The van der Waals surface area contributed by atoms with Gasteiger partial charge in [0.2, 0.25) is 0 Å². The van der Waals surface area contributed by atoms with Crippen molar-refractivity contribution >= 4 is 9.84 Å². The first kappa shape index (κ1) is 16.0. The summed E-state index contributed by atoms with van der Waals surface area (Å²) in [4.78, 5) is 2.63. The van der Waals surface area contributed by atoms with Gasteiger partial charge in [0, 0.05) is 18.6 Å². The first-order valence-electron chi connectivity index (χ1n) is 7.46. The maximum atomic E-state index is 12.4. The molecule has 1 heterocycles. The second kappa shape index (κ2) is 6.59. The van der Waals surface area contributed by atoms with Crippen molar-refractivity contribution in [2.45, 2.75) is 50.1 Å². The zero-order valence-electron chi connectivity index (χ0n) is 12.6. The molecule has 1 fully saturated rings. The minimum absolute atomic E-state index is 0.139. The van der Waals surface area contributed by atoms with Crippen molar-refractivity contribution in [1.29, 1.82) is 5.26 Å². The Labute approximate surface area is 127 Å². The van der Waals surface area contributed by atoms with Crippen LogP contribution in [0.2, 0.25) is 0 Å². The molecule has 5 heteroatoms. The van der Waals surface area contributed by atoms with Crippen LogP contribution in [0.3, 0.4) is 0 Å². The molecule has 1 aromatic rings. The average Bonchev–Trinajstić information content (AvgIpc) is 2.85. The van der Waals surface area contributed by atoms with Gasteiger partial charge in [-0.15, -0.1) is 0 Å². The van der Waals surface area contributed by atoms with E-state index in [2.05, 4.69) is 18.7 Å². The Bertz CT molecular complexity index is 617. The van der Waals surface area contributed by atoms with Gasteiger partial charge in [-0.3, -0.25) is 4.90 Å². The van der Waals surface area contributed by atoms with Crippen LogP contribution in [0, 0.1) is 11.3 Å². The molecule has 4 nitrogen and oxygen atoms in total. The predicted octanol–water partition coefficient (Wildman–Crippen LogP) is 2.59. The number of rotatable bonds is 5. The first-order chi connectivity index (χ1) is 9.97. The fourth-order valence-corrected chi connectivity index (χ4v) is 4.28. The van der Waals surface area contributed by atoms with Crippen molar-refractivity contribution < 1.29 is 8.42 Å². The summed E-state index contributed by atoms with van der Waals surface area (Å²) in [7, 11) is -3.28. The van der Waals surface area contributed by atoms with Crippen molar-refractivity contribution in [1.82, 2.24) is 4.90 Å². The highest BCUT2D eigenvalue weighted by Crippen LogP contribution is 2.26. The number of hydrogen-bond donors (Lipinski definition) is 0. The summed E-state index contributed by atoms with van der Waals surface area (Å²) in [6.07, 6.45) is 3.38. The van der Waals surface area contributed by atoms with Gasteiger partial charge < -0.3 is 0 Å². The molecular weight excluding hydrogens is 284 g/mol. The third-order valence-corrected chi connectivity index (χ3v) is 6.10. The average molecular weight is 306 g/mol. The van der Waals surface area contributed by atoms with Crippen molar-refractivity contribution in [3.05, 3.63) is 29.8 Å². The molecule has 1 aliphatic rings. The molecule has 0 saturated carbocycles. The van der Waals surface area contributed by atoms with Gasteiger partial charge in [0.1, 0.15) is 0 Å². The van der Waals surface area contributed by atoms with Gasteiger partial charge in [0.15, 0.2) is 9.84 Å². The predicted molar refractivity (Wildman–Crippen MR) is 82.7 cm³/mol. The number of sulfone groups is 1. The molecule has 0 amide bonds. The summed E-state index contributed by atoms with van der Waals surface area (Å²) in [6.45, 7) is 4.91. The quantitative estimate of drug-likeness (QED) is 0.839. The fraction of sp³-hybridized carbons (Fsp3) is 0.562. The lowest BCUT2D eigenvalue weighted by molar-refractivity contribution is 0.211. The summed E-state index contributed by atoms with van der Waals surface area (Å²) in [5.41, 5.74) is 0.480. The van der Waals surface area contributed by atoms with E-state index in [1.54, 1.807) is 12.1 Å². The van der Waals surface area contributed by atoms with E-state index in [1.807, 2.05) is 6.07 Å². The smallest absolute Gasteiger partial charge is 0.179 e. The third-order valence-electron chi connectivity index (χ3n) is 4.38. The van der Waals surface area contributed by atoms with E-state index in [0.29, 0.717) is 29.1 Å². The van der Waals surface area contributed by atoms with Gasteiger partial charge in [-0.25, -0.2) is 8.42 Å². The van der Waals surface area contributed by atoms with Gasteiger partial charge in [-0.2, -0.15) is 5.26 Å². The Kier molecular flexibility index (Phi) is 5.02. The largest absolute Gasteiger partial charge is 0.297 e. The Hall–Kier alpha value is -1.38. The van der Waals surface area contributed by atoms with Crippen LogP contribution in [0.1, 0.15) is 38.7 Å². The SMILES string of the molecule is CC[C@H]1CC[C@@H](C)N1CCS(=O)(=O)c1ccc(C#N)cc1.